The van der Waals surface area contributed by atoms with Gasteiger partial charge in [-0.3, -0.25) is 4.79 Å². The standard InChI is InChI=1S/C22H15Br2N3O2/c23-19-7-3-6-16(11-19)22(28)27-26-13-15-8-9-21(20(24)10-15)29-14-18-5-2-1-4-17(18)12-25/h1-11,13H,14H2,(H,27,28)/b26-13-. The van der Waals surface area contributed by atoms with Crippen molar-refractivity contribution in [1.29, 1.82) is 5.26 Å². The SMILES string of the molecule is N#Cc1ccccc1COc1ccc(/C=N\NC(=O)c2cccc(Br)c2)cc1Br. The summed E-state index contributed by atoms with van der Waals surface area (Å²) in [5.41, 5.74) is 5.22. The Hall–Kier alpha value is -2.95. The molecule has 0 saturated heterocycles. The molecule has 0 fully saturated rings. The average molecular weight is 513 g/mol. The fourth-order valence-electron chi connectivity index (χ4n) is 2.48. The summed E-state index contributed by atoms with van der Waals surface area (Å²) >= 11 is 6.81. The van der Waals surface area contributed by atoms with Crippen molar-refractivity contribution in [1.82, 2.24) is 5.43 Å². The molecule has 1 amide bonds. The van der Waals surface area contributed by atoms with Gasteiger partial charge in [-0.1, -0.05) is 40.2 Å². The van der Waals surface area contributed by atoms with Crippen LogP contribution in [0.15, 0.2) is 80.8 Å². The second-order valence-corrected chi connectivity index (χ2v) is 7.73. The highest BCUT2D eigenvalue weighted by molar-refractivity contribution is 9.10. The van der Waals surface area contributed by atoms with E-state index in [0.29, 0.717) is 23.5 Å². The van der Waals surface area contributed by atoms with E-state index in [1.807, 2.05) is 36.4 Å². The molecule has 0 aliphatic heterocycles. The number of nitrogens with one attached hydrogen (secondary N) is 1. The van der Waals surface area contributed by atoms with Crippen molar-refractivity contribution in [2.75, 3.05) is 0 Å². The van der Waals surface area contributed by atoms with Gasteiger partial charge in [0, 0.05) is 15.6 Å². The molecule has 0 heterocycles. The van der Waals surface area contributed by atoms with Gasteiger partial charge in [0.25, 0.3) is 5.91 Å². The van der Waals surface area contributed by atoms with Gasteiger partial charge in [0.1, 0.15) is 12.4 Å². The molecule has 5 nitrogen and oxygen atoms in total. The number of benzene rings is 3. The van der Waals surface area contributed by atoms with Crippen LogP contribution in [0.1, 0.15) is 27.0 Å². The molecule has 29 heavy (non-hydrogen) atoms. The molecule has 0 aromatic heterocycles. The van der Waals surface area contributed by atoms with Crippen molar-refractivity contribution < 1.29 is 9.53 Å². The Bertz CT molecular complexity index is 1110. The number of ether oxygens (including phenoxy) is 1. The lowest BCUT2D eigenvalue weighted by atomic mass is 10.1. The maximum absolute atomic E-state index is 12.1. The number of hydrogen-bond acceptors (Lipinski definition) is 4. The molecule has 0 radical (unpaired) electrons. The lowest BCUT2D eigenvalue weighted by molar-refractivity contribution is 0.0955. The van der Waals surface area contributed by atoms with Crippen molar-refractivity contribution >= 4 is 44.0 Å². The van der Waals surface area contributed by atoms with E-state index in [2.05, 4.69) is 48.5 Å². The first-order valence-corrected chi connectivity index (χ1v) is 10.1. The third kappa shape index (κ3) is 5.76. The van der Waals surface area contributed by atoms with Crippen LogP contribution in [0.2, 0.25) is 0 Å². The third-order valence-corrected chi connectivity index (χ3v) is 5.06. The highest BCUT2D eigenvalue weighted by Crippen LogP contribution is 2.26. The van der Waals surface area contributed by atoms with E-state index in [1.165, 1.54) is 0 Å². The highest BCUT2D eigenvalue weighted by atomic mass is 79.9. The summed E-state index contributed by atoms with van der Waals surface area (Å²) < 4.78 is 7.39. The number of nitrogens with zero attached hydrogens (tertiary/aromatic N) is 2. The minimum Gasteiger partial charge on any atom is -0.488 e. The maximum atomic E-state index is 12.1. The lowest BCUT2D eigenvalue weighted by Gasteiger charge is -2.10. The molecular formula is C22H15Br2N3O2. The molecule has 1 N–H and O–H groups in total. The number of carbonyl (C=O) groups excluding carboxylic acids is 1. The number of carbonyl (C=O) groups is 1. The average Bonchev–Trinajstić information content (AvgIpc) is 2.73. The molecule has 0 aliphatic carbocycles. The predicted molar refractivity (Wildman–Crippen MR) is 119 cm³/mol. The fourth-order valence-corrected chi connectivity index (χ4v) is 3.40. The van der Waals surface area contributed by atoms with Crippen molar-refractivity contribution in [2.24, 2.45) is 5.10 Å². The summed E-state index contributed by atoms with van der Waals surface area (Å²) in [6.45, 7) is 0.290. The Morgan fingerprint density at radius 3 is 2.69 bits per heavy atom. The van der Waals surface area contributed by atoms with Gasteiger partial charge in [-0.25, -0.2) is 5.43 Å². The van der Waals surface area contributed by atoms with E-state index in [4.69, 9.17) is 10.00 Å². The Morgan fingerprint density at radius 1 is 1.10 bits per heavy atom. The van der Waals surface area contributed by atoms with Crippen molar-refractivity contribution in [2.45, 2.75) is 6.61 Å². The van der Waals surface area contributed by atoms with Crippen LogP contribution in [0, 0.1) is 11.3 Å². The van der Waals surface area contributed by atoms with E-state index in [0.717, 1.165) is 20.1 Å². The van der Waals surface area contributed by atoms with Crippen LogP contribution in [0.3, 0.4) is 0 Å². The third-order valence-electron chi connectivity index (χ3n) is 3.94. The van der Waals surface area contributed by atoms with Crippen LogP contribution in [0.4, 0.5) is 0 Å². The molecule has 3 aromatic rings. The van der Waals surface area contributed by atoms with Crippen molar-refractivity contribution in [3.8, 4) is 11.8 Å². The predicted octanol–water partition coefficient (Wildman–Crippen LogP) is 5.43. The van der Waals surface area contributed by atoms with Crippen LogP contribution < -0.4 is 10.2 Å². The Balaban J connectivity index is 1.61. The summed E-state index contributed by atoms with van der Waals surface area (Å²) in [5, 5.41) is 13.1. The zero-order chi connectivity index (χ0) is 20.6. The highest BCUT2D eigenvalue weighted by Gasteiger charge is 2.06. The van der Waals surface area contributed by atoms with E-state index < -0.39 is 0 Å². The Labute approximate surface area is 185 Å². The smallest absolute Gasteiger partial charge is 0.271 e. The van der Waals surface area contributed by atoms with Crippen molar-refractivity contribution in [3.63, 3.8) is 0 Å². The van der Waals surface area contributed by atoms with Crippen LogP contribution in [0.25, 0.3) is 0 Å². The van der Waals surface area contributed by atoms with E-state index in [1.54, 1.807) is 36.5 Å². The van der Waals surface area contributed by atoms with E-state index in [-0.39, 0.29) is 5.91 Å². The molecule has 0 aliphatic rings. The second kappa shape index (κ2) is 10.0. The summed E-state index contributed by atoms with van der Waals surface area (Å²) in [6, 6.07) is 22.0. The van der Waals surface area contributed by atoms with Gasteiger partial charge in [-0.15, -0.1) is 0 Å². The summed E-state index contributed by atoms with van der Waals surface area (Å²) in [7, 11) is 0. The number of halogens is 2. The maximum Gasteiger partial charge on any atom is 0.271 e. The van der Waals surface area contributed by atoms with Crippen molar-refractivity contribution in [3.05, 3.63) is 97.9 Å². The quantitative estimate of drug-likeness (QED) is 0.353. The first kappa shape index (κ1) is 20.8. The van der Waals surface area contributed by atoms with Gasteiger partial charge < -0.3 is 4.74 Å². The number of rotatable bonds is 6. The zero-order valence-corrected chi connectivity index (χ0v) is 18.3. The molecule has 0 saturated carbocycles. The summed E-state index contributed by atoms with van der Waals surface area (Å²) in [4.78, 5) is 12.1. The van der Waals surface area contributed by atoms with Gasteiger partial charge in [0.05, 0.1) is 22.3 Å². The molecule has 0 bridgehead atoms. The minimum absolute atomic E-state index is 0.290. The number of amides is 1. The molecule has 144 valence electrons. The van der Waals surface area contributed by atoms with Gasteiger partial charge in [-0.2, -0.15) is 10.4 Å². The Morgan fingerprint density at radius 2 is 1.93 bits per heavy atom. The van der Waals surface area contributed by atoms with Gasteiger partial charge in [-0.05, 0) is 64.0 Å². The zero-order valence-electron chi connectivity index (χ0n) is 15.1. The van der Waals surface area contributed by atoms with Crippen LogP contribution in [-0.2, 0) is 6.61 Å². The topological polar surface area (TPSA) is 74.5 Å². The van der Waals surface area contributed by atoms with Gasteiger partial charge in [0.2, 0.25) is 0 Å². The minimum atomic E-state index is -0.294. The molecule has 7 heteroatoms. The molecule has 3 rings (SSSR count). The van der Waals surface area contributed by atoms with Crippen LogP contribution in [0.5, 0.6) is 5.75 Å². The molecule has 3 aromatic carbocycles. The monoisotopic (exact) mass is 511 g/mol. The largest absolute Gasteiger partial charge is 0.488 e. The number of nitriles is 1. The van der Waals surface area contributed by atoms with E-state index in [9.17, 15) is 4.79 Å². The van der Waals surface area contributed by atoms with Gasteiger partial charge in [0.15, 0.2) is 0 Å². The summed E-state index contributed by atoms with van der Waals surface area (Å²) in [6.07, 6.45) is 1.55. The fraction of sp³-hybridized carbons (Fsp3) is 0.0455. The normalized spacial score (nSPS) is 10.5. The van der Waals surface area contributed by atoms with Gasteiger partial charge >= 0.3 is 0 Å². The van der Waals surface area contributed by atoms with E-state index >= 15 is 0 Å². The van der Waals surface area contributed by atoms with Crippen LogP contribution in [-0.4, -0.2) is 12.1 Å². The molecule has 0 spiro atoms. The molecular weight excluding hydrogens is 498 g/mol. The number of hydrazone groups is 1. The summed E-state index contributed by atoms with van der Waals surface area (Å²) in [5.74, 6) is 0.353. The first-order valence-electron chi connectivity index (χ1n) is 8.56. The van der Waals surface area contributed by atoms with Crippen LogP contribution >= 0.6 is 31.9 Å². The second-order valence-electron chi connectivity index (χ2n) is 5.96. The first-order chi connectivity index (χ1) is 14.1. The Kier molecular flexibility index (Phi) is 7.17. The lowest BCUT2D eigenvalue weighted by Crippen LogP contribution is -2.17. The number of hydrogen-bond donors (Lipinski definition) is 1. The molecule has 0 atom stereocenters. The molecule has 0 unspecified atom stereocenters.